The molecule has 0 saturated carbocycles. The first-order valence-corrected chi connectivity index (χ1v) is 3.76. The lowest BCUT2D eigenvalue weighted by Gasteiger charge is -2.11. The van der Waals surface area contributed by atoms with Gasteiger partial charge in [0.2, 0.25) is 5.88 Å². The lowest BCUT2D eigenvalue weighted by molar-refractivity contribution is -0.276. The highest BCUT2D eigenvalue weighted by atomic mass is 19.4. The number of anilines is 1. The molecule has 1 aromatic heterocycles. The minimum atomic E-state index is -4.83. The van der Waals surface area contributed by atoms with Crippen LogP contribution in [0.15, 0.2) is 6.20 Å². The molecule has 0 saturated heterocycles. The molecule has 0 amide bonds. The molecule has 15 heavy (non-hydrogen) atoms. The molecule has 0 aromatic carbocycles. The number of hydrogen-bond donors (Lipinski definition) is 1. The Hall–Kier alpha value is -1.97. The zero-order valence-corrected chi connectivity index (χ0v) is 7.59. The number of nitriles is 1. The van der Waals surface area contributed by atoms with Crippen LogP contribution in [0.3, 0.4) is 0 Å². The van der Waals surface area contributed by atoms with Crippen LogP contribution in [0.4, 0.5) is 18.9 Å². The quantitative estimate of drug-likeness (QED) is 0.777. The predicted octanol–water partition coefficient (Wildman–Crippen LogP) is 1.74. The van der Waals surface area contributed by atoms with E-state index in [1.165, 1.54) is 6.92 Å². The Labute approximate surface area is 83.1 Å². The van der Waals surface area contributed by atoms with Gasteiger partial charge in [0, 0.05) is 5.56 Å². The summed E-state index contributed by atoms with van der Waals surface area (Å²) in [4.78, 5) is 3.35. The number of hydrogen-bond acceptors (Lipinski definition) is 4. The maximum Gasteiger partial charge on any atom is 0.574 e. The fraction of sp³-hybridized carbons (Fsp3) is 0.250. The van der Waals surface area contributed by atoms with Gasteiger partial charge in [-0.2, -0.15) is 5.26 Å². The van der Waals surface area contributed by atoms with Crippen LogP contribution in [0.1, 0.15) is 11.1 Å². The van der Waals surface area contributed by atoms with Crippen LogP contribution in [0.25, 0.3) is 0 Å². The van der Waals surface area contributed by atoms with Crippen molar-refractivity contribution in [2.45, 2.75) is 13.3 Å². The fourth-order valence-electron chi connectivity index (χ4n) is 0.974. The van der Waals surface area contributed by atoms with Gasteiger partial charge in [0.1, 0.15) is 6.07 Å². The molecule has 1 aromatic rings. The molecule has 2 N–H and O–H groups in total. The fourth-order valence-corrected chi connectivity index (χ4v) is 0.974. The number of aromatic nitrogens is 1. The lowest BCUT2D eigenvalue weighted by atomic mass is 10.1. The van der Waals surface area contributed by atoms with Gasteiger partial charge in [-0.1, -0.05) is 0 Å². The number of ether oxygens (including phenoxy) is 1. The summed E-state index contributed by atoms with van der Waals surface area (Å²) in [5.41, 5.74) is 5.26. The van der Waals surface area contributed by atoms with E-state index in [1.54, 1.807) is 6.07 Å². The molecule has 80 valence electrons. The number of nitrogen functional groups attached to an aromatic ring is 1. The van der Waals surface area contributed by atoms with Crippen molar-refractivity contribution in [1.29, 1.82) is 5.26 Å². The van der Waals surface area contributed by atoms with E-state index >= 15 is 0 Å². The smallest absolute Gasteiger partial charge is 0.396 e. The van der Waals surface area contributed by atoms with E-state index in [2.05, 4.69) is 9.72 Å². The SMILES string of the molecule is Cc1c(OC(F)(F)F)ncc(N)c1C#N. The van der Waals surface area contributed by atoms with E-state index in [0.717, 1.165) is 6.20 Å². The van der Waals surface area contributed by atoms with Crippen molar-refractivity contribution in [3.05, 3.63) is 17.3 Å². The van der Waals surface area contributed by atoms with Crippen LogP contribution in [0.2, 0.25) is 0 Å². The summed E-state index contributed by atoms with van der Waals surface area (Å²) in [7, 11) is 0. The van der Waals surface area contributed by atoms with Crippen molar-refractivity contribution in [2.75, 3.05) is 5.73 Å². The normalized spacial score (nSPS) is 10.9. The van der Waals surface area contributed by atoms with Crippen LogP contribution in [-0.4, -0.2) is 11.3 Å². The third-order valence-corrected chi connectivity index (χ3v) is 1.63. The van der Waals surface area contributed by atoms with E-state index in [-0.39, 0.29) is 16.8 Å². The van der Waals surface area contributed by atoms with Gasteiger partial charge in [-0.05, 0) is 6.92 Å². The maximum atomic E-state index is 11.9. The summed E-state index contributed by atoms with van der Waals surface area (Å²) in [6, 6.07) is 1.68. The average molecular weight is 217 g/mol. The Morgan fingerprint density at radius 2 is 2.13 bits per heavy atom. The zero-order chi connectivity index (χ0) is 11.6. The van der Waals surface area contributed by atoms with Crippen LogP contribution >= 0.6 is 0 Å². The molecule has 0 spiro atoms. The second-order valence-corrected chi connectivity index (χ2v) is 2.68. The third kappa shape index (κ3) is 2.49. The van der Waals surface area contributed by atoms with Gasteiger partial charge >= 0.3 is 6.36 Å². The summed E-state index contributed by atoms with van der Waals surface area (Å²) in [6.45, 7) is 1.28. The molecule has 1 heterocycles. The number of nitrogens with zero attached hydrogens (tertiary/aromatic N) is 2. The van der Waals surface area contributed by atoms with Gasteiger partial charge in [0.15, 0.2) is 0 Å². The molecule has 0 bridgehead atoms. The zero-order valence-electron chi connectivity index (χ0n) is 7.59. The highest BCUT2D eigenvalue weighted by Crippen LogP contribution is 2.27. The maximum absolute atomic E-state index is 11.9. The van der Waals surface area contributed by atoms with E-state index in [9.17, 15) is 13.2 Å². The number of rotatable bonds is 1. The Morgan fingerprint density at radius 1 is 1.53 bits per heavy atom. The van der Waals surface area contributed by atoms with Crippen molar-refractivity contribution in [3.8, 4) is 11.9 Å². The number of nitrogens with two attached hydrogens (primary N) is 1. The van der Waals surface area contributed by atoms with E-state index < -0.39 is 12.2 Å². The lowest BCUT2D eigenvalue weighted by Crippen LogP contribution is -2.19. The van der Waals surface area contributed by atoms with Gasteiger partial charge in [-0.3, -0.25) is 0 Å². The van der Waals surface area contributed by atoms with E-state index in [0.29, 0.717) is 0 Å². The summed E-state index contributed by atoms with van der Waals surface area (Å²) < 4.78 is 39.3. The van der Waals surface area contributed by atoms with Gasteiger partial charge < -0.3 is 10.5 Å². The van der Waals surface area contributed by atoms with E-state index in [4.69, 9.17) is 11.0 Å². The van der Waals surface area contributed by atoms with Gasteiger partial charge in [-0.15, -0.1) is 13.2 Å². The molecule has 1 rings (SSSR count). The van der Waals surface area contributed by atoms with Crippen LogP contribution in [0, 0.1) is 18.3 Å². The molecule has 0 unspecified atom stereocenters. The summed E-state index contributed by atoms with van der Waals surface area (Å²) in [5.74, 6) is -0.659. The number of halogens is 3. The molecule has 4 nitrogen and oxygen atoms in total. The van der Waals surface area contributed by atoms with Crippen LogP contribution in [-0.2, 0) is 0 Å². The third-order valence-electron chi connectivity index (χ3n) is 1.63. The van der Waals surface area contributed by atoms with Crippen molar-refractivity contribution >= 4 is 5.69 Å². The Morgan fingerprint density at radius 3 is 2.60 bits per heavy atom. The second kappa shape index (κ2) is 3.65. The molecule has 0 fully saturated rings. The van der Waals surface area contributed by atoms with Crippen molar-refractivity contribution in [1.82, 2.24) is 4.98 Å². The predicted molar refractivity (Wildman–Crippen MR) is 44.8 cm³/mol. The van der Waals surface area contributed by atoms with Gasteiger partial charge in [0.25, 0.3) is 0 Å². The molecule has 0 aliphatic carbocycles. The summed E-state index contributed by atoms with van der Waals surface area (Å²) in [5, 5.41) is 8.63. The highest BCUT2D eigenvalue weighted by Gasteiger charge is 2.33. The first kappa shape index (κ1) is 11.1. The standard InChI is InChI=1S/C8H6F3N3O/c1-4-5(2-12)6(13)3-14-7(4)15-8(9,10)11/h3H,13H2,1H3. The minimum Gasteiger partial charge on any atom is -0.396 e. The van der Waals surface area contributed by atoms with Crippen LogP contribution < -0.4 is 10.5 Å². The first-order valence-electron chi connectivity index (χ1n) is 3.76. The highest BCUT2D eigenvalue weighted by molar-refractivity contribution is 5.58. The Kier molecular flexibility index (Phi) is 2.70. The van der Waals surface area contributed by atoms with Gasteiger partial charge in [-0.25, -0.2) is 4.98 Å². The van der Waals surface area contributed by atoms with Crippen molar-refractivity contribution in [2.24, 2.45) is 0 Å². The Balaban J connectivity index is 3.18. The topological polar surface area (TPSA) is 71.9 Å². The van der Waals surface area contributed by atoms with E-state index in [1.807, 2.05) is 0 Å². The first-order chi connectivity index (χ1) is 6.85. The molecular weight excluding hydrogens is 211 g/mol. The Bertz CT molecular complexity index is 422. The van der Waals surface area contributed by atoms with Crippen LogP contribution in [0.5, 0.6) is 5.88 Å². The molecule has 0 aliphatic rings. The van der Waals surface area contributed by atoms with Crippen molar-refractivity contribution in [3.63, 3.8) is 0 Å². The average Bonchev–Trinajstić information content (AvgIpc) is 2.09. The molecule has 0 radical (unpaired) electrons. The molecular formula is C8H6F3N3O. The number of pyridine rings is 1. The second-order valence-electron chi connectivity index (χ2n) is 2.68. The molecule has 0 aliphatic heterocycles. The summed E-state index contributed by atoms with van der Waals surface area (Å²) >= 11 is 0. The monoisotopic (exact) mass is 217 g/mol. The minimum absolute atomic E-state index is 0.0181. The van der Waals surface area contributed by atoms with Gasteiger partial charge in [0.05, 0.1) is 17.4 Å². The molecule has 0 atom stereocenters. The number of alkyl halides is 3. The van der Waals surface area contributed by atoms with Crippen molar-refractivity contribution < 1.29 is 17.9 Å². The largest absolute Gasteiger partial charge is 0.574 e. The molecule has 7 heteroatoms. The summed E-state index contributed by atoms with van der Waals surface area (Å²) in [6.07, 6.45) is -3.88.